The maximum absolute atomic E-state index is 6.00. The monoisotopic (exact) mass is 302 g/mol. The van der Waals surface area contributed by atoms with Crippen molar-refractivity contribution in [2.24, 2.45) is 5.73 Å². The van der Waals surface area contributed by atoms with E-state index in [-0.39, 0.29) is 0 Å². The Balaban J connectivity index is 1.89. The topological polar surface area (TPSA) is 29.3 Å². The second-order valence-electron chi connectivity index (χ2n) is 6.11. The molecule has 0 spiro atoms. The number of nitrogens with zero attached hydrogens (tertiary/aromatic N) is 1. The molecule has 2 N–H and O–H groups in total. The van der Waals surface area contributed by atoms with Crippen molar-refractivity contribution in [3.05, 3.63) is 34.7 Å². The van der Waals surface area contributed by atoms with Crippen LogP contribution in [-0.2, 0) is 13.1 Å². The lowest BCUT2D eigenvalue weighted by molar-refractivity contribution is 0.132. The molecule has 1 fully saturated rings. The lowest BCUT2D eigenvalue weighted by atomic mass is 9.97. The maximum atomic E-state index is 6.00. The number of rotatable bonds is 5. The fraction of sp³-hybridized carbons (Fsp3) is 0.556. The molecule has 0 aliphatic carbocycles. The summed E-state index contributed by atoms with van der Waals surface area (Å²) in [7, 11) is 0. The molecular weight excluding hydrogens is 276 g/mol. The summed E-state index contributed by atoms with van der Waals surface area (Å²) in [5.41, 5.74) is 7.49. The Bertz CT molecular complexity index is 588. The summed E-state index contributed by atoms with van der Waals surface area (Å²) in [6.07, 6.45) is 6.73. The van der Waals surface area contributed by atoms with Crippen LogP contribution >= 0.6 is 11.3 Å². The van der Waals surface area contributed by atoms with Crippen LogP contribution in [0.15, 0.2) is 24.3 Å². The lowest BCUT2D eigenvalue weighted by Crippen LogP contribution is -2.38. The van der Waals surface area contributed by atoms with Crippen LogP contribution in [0.3, 0.4) is 0 Å². The van der Waals surface area contributed by atoms with Gasteiger partial charge in [0.15, 0.2) is 0 Å². The third-order valence-corrected chi connectivity index (χ3v) is 5.93. The molecule has 0 bridgehead atoms. The van der Waals surface area contributed by atoms with Crippen molar-refractivity contribution in [2.75, 3.05) is 6.54 Å². The molecule has 1 aliphatic rings. The van der Waals surface area contributed by atoms with Crippen LogP contribution in [0.4, 0.5) is 0 Å². The first-order chi connectivity index (χ1) is 10.3. The molecule has 1 atom stereocenters. The molecule has 0 amide bonds. The minimum absolute atomic E-state index is 0.668. The summed E-state index contributed by atoms with van der Waals surface area (Å²) in [4.78, 5) is 4.08. The summed E-state index contributed by atoms with van der Waals surface area (Å²) >= 11 is 1.88. The molecular formula is C18H26N2S. The van der Waals surface area contributed by atoms with Crippen molar-refractivity contribution in [1.82, 2.24) is 4.90 Å². The number of benzene rings is 1. The molecule has 3 rings (SSSR count). The van der Waals surface area contributed by atoms with Gasteiger partial charge in [0.05, 0.1) is 0 Å². The van der Waals surface area contributed by atoms with Crippen LogP contribution < -0.4 is 5.73 Å². The summed E-state index contributed by atoms with van der Waals surface area (Å²) in [6, 6.07) is 9.54. The summed E-state index contributed by atoms with van der Waals surface area (Å²) in [6.45, 7) is 5.30. The fourth-order valence-corrected chi connectivity index (χ4v) is 4.71. The Morgan fingerprint density at radius 1 is 1.29 bits per heavy atom. The molecule has 3 heteroatoms. The molecule has 2 nitrogen and oxygen atoms in total. The smallest absolute Gasteiger partial charge is 0.0349 e. The molecule has 1 aliphatic heterocycles. The predicted molar refractivity (Wildman–Crippen MR) is 92.7 cm³/mol. The Kier molecular flexibility index (Phi) is 4.94. The third-order valence-electron chi connectivity index (χ3n) is 4.70. The zero-order valence-corrected chi connectivity index (χ0v) is 13.8. The number of piperidine rings is 1. The van der Waals surface area contributed by atoms with E-state index in [2.05, 4.69) is 36.1 Å². The highest BCUT2D eigenvalue weighted by Crippen LogP contribution is 2.33. The maximum Gasteiger partial charge on any atom is 0.0349 e. The molecule has 21 heavy (non-hydrogen) atoms. The first kappa shape index (κ1) is 15.0. The highest BCUT2D eigenvalue weighted by molar-refractivity contribution is 7.19. The van der Waals surface area contributed by atoms with Gasteiger partial charge >= 0.3 is 0 Å². The Hall–Kier alpha value is -0.900. The zero-order chi connectivity index (χ0) is 14.7. The van der Waals surface area contributed by atoms with Crippen molar-refractivity contribution < 1.29 is 0 Å². The zero-order valence-electron chi connectivity index (χ0n) is 13.0. The number of thiophene rings is 1. The molecule has 1 aromatic heterocycles. The highest BCUT2D eigenvalue weighted by Gasteiger charge is 2.23. The number of fused-ring (bicyclic) bond motifs is 1. The minimum atomic E-state index is 0.668. The molecule has 1 unspecified atom stereocenters. The van der Waals surface area contributed by atoms with Crippen molar-refractivity contribution in [3.63, 3.8) is 0 Å². The van der Waals surface area contributed by atoms with Gasteiger partial charge < -0.3 is 5.73 Å². The van der Waals surface area contributed by atoms with Crippen molar-refractivity contribution >= 4 is 21.4 Å². The summed E-state index contributed by atoms with van der Waals surface area (Å²) in [5, 5.41) is 1.42. The lowest BCUT2D eigenvalue weighted by Gasteiger charge is -2.36. The Morgan fingerprint density at radius 2 is 2.14 bits per heavy atom. The van der Waals surface area contributed by atoms with Gasteiger partial charge in [-0.25, -0.2) is 0 Å². The number of likely N-dealkylation sites (tertiary alicyclic amines) is 1. The van der Waals surface area contributed by atoms with Crippen LogP contribution in [0.2, 0.25) is 0 Å². The van der Waals surface area contributed by atoms with E-state index in [1.165, 1.54) is 59.2 Å². The first-order valence-corrected chi connectivity index (χ1v) is 9.08. The van der Waals surface area contributed by atoms with Gasteiger partial charge in [-0.2, -0.15) is 0 Å². The van der Waals surface area contributed by atoms with Crippen molar-refractivity contribution in [2.45, 2.75) is 58.2 Å². The van der Waals surface area contributed by atoms with Gasteiger partial charge in [-0.05, 0) is 42.8 Å². The molecule has 0 radical (unpaired) electrons. The molecule has 2 heterocycles. The van der Waals surface area contributed by atoms with Crippen LogP contribution in [0.25, 0.3) is 10.1 Å². The second-order valence-corrected chi connectivity index (χ2v) is 7.25. The van der Waals surface area contributed by atoms with Gasteiger partial charge in [0.1, 0.15) is 0 Å². The third kappa shape index (κ3) is 3.15. The van der Waals surface area contributed by atoms with E-state index >= 15 is 0 Å². The van der Waals surface area contributed by atoms with E-state index in [9.17, 15) is 0 Å². The van der Waals surface area contributed by atoms with E-state index in [1.54, 1.807) is 0 Å². The van der Waals surface area contributed by atoms with Gasteiger partial charge in [-0.15, -0.1) is 11.3 Å². The largest absolute Gasteiger partial charge is 0.326 e. The van der Waals surface area contributed by atoms with E-state index < -0.39 is 0 Å². The van der Waals surface area contributed by atoms with E-state index in [0.29, 0.717) is 6.54 Å². The average Bonchev–Trinajstić information content (AvgIpc) is 2.87. The van der Waals surface area contributed by atoms with Gasteiger partial charge in [0.25, 0.3) is 0 Å². The van der Waals surface area contributed by atoms with E-state index in [0.717, 1.165) is 12.6 Å². The van der Waals surface area contributed by atoms with Crippen LogP contribution in [0, 0.1) is 0 Å². The summed E-state index contributed by atoms with van der Waals surface area (Å²) < 4.78 is 1.39. The number of hydrogen-bond acceptors (Lipinski definition) is 3. The van der Waals surface area contributed by atoms with Crippen LogP contribution in [0.5, 0.6) is 0 Å². The fourth-order valence-electron chi connectivity index (χ4n) is 3.62. The van der Waals surface area contributed by atoms with Gasteiger partial charge in [0.2, 0.25) is 0 Å². The quantitative estimate of drug-likeness (QED) is 0.880. The highest BCUT2D eigenvalue weighted by atomic mass is 32.1. The number of hydrogen-bond donors (Lipinski definition) is 1. The normalized spacial score (nSPS) is 20.2. The van der Waals surface area contributed by atoms with E-state index in [4.69, 9.17) is 5.73 Å². The Labute approximate surface area is 131 Å². The minimum Gasteiger partial charge on any atom is -0.326 e. The molecule has 114 valence electrons. The molecule has 1 aromatic carbocycles. The van der Waals surface area contributed by atoms with Crippen LogP contribution in [0.1, 0.15) is 49.5 Å². The molecule has 0 saturated carbocycles. The van der Waals surface area contributed by atoms with Crippen LogP contribution in [-0.4, -0.2) is 17.5 Å². The average molecular weight is 302 g/mol. The standard InChI is InChI=1S/C18H26N2S/c1-2-7-14-8-5-6-11-20(14)13-16-15-9-3-4-10-17(15)21-18(16)12-19/h3-4,9-10,14H,2,5-8,11-13,19H2,1H3. The predicted octanol–water partition coefficient (Wildman–Crippen LogP) is 4.51. The Morgan fingerprint density at radius 3 is 2.95 bits per heavy atom. The van der Waals surface area contributed by atoms with Gasteiger partial charge in [-0.3, -0.25) is 4.90 Å². The van der Waals surface area contributed by atoms with Crippen molar-refractivity contribution in [1.29, 1.82) is 0 Å². The van der Waals surface area contributed by atoms with Gasteiger partial charge in [0, 0.05) is 28.7 Å². The van der Waals surface area contributed by atoms with Crippen molar-refractivity contribution in [3.8, 4) is 0 Å². The molecule has 2 aromatic rings. The SMILES string of the molecule is CCCC1CCCCN1Cc1c(CN)sc2ccccc12. The van der Waals surface area contributed by atoms with E-state index in [1.807, 2.05) is 11.3 Å². The summed E-state index contributed by atoms with van der Waals surface area (Å²) in [5.74, 6) is 0. The van der Waals surface area contributed by atoms with Gasteiger partial charge in [-0.1, -0.05) is 38.0 Å². The second kappa shape index (κ2) is 6.91. The molecule has 1 saturated heterocycles. The number of nitrogens with two attached hydrogens (primary N) is 1. The first-order valence-electron chi connectivity index (χ1n) is 8.27.